The fraction of sp³-hybridized carbons (Fsp3) is 0.462. The van der Waals surface area contributed by atoms with Gasteiger partial charge in [0.2, 0.25) is 0 Å². The summed E-state index contributed by atoms with van der Waals surface area (Å²) in [6.07, 6.45) is 6.61. The maximum Gasteiger partial charge on any atom is 0.138 e. The van der Waals surface area contributed by atoms with Gasteiger partial charge in [-0.2, -0.15) is 0 Å². The van der Waals surface area contributed by atoms with Crippen molar-refractivity contribution in [2.24, 2.45) is 0 Å². The number of pyridine rings is 1. The Morgan fingerprint density at radius 3 is 3.24 bits per heavy atom. The maximum atomic E-state index is 5.98. The zero-order valence-corrected chi connectivity index (χ0v) is 10.5. The number of halogens is 1. The van der Waals surface area contributed by atoms with Gasteiger partial charge in [0.25, 0.3) is 0 Å². The first-order chi connectivity index (χ1) is 8.29. The summed E-state index contributed by atoms with van der Waals surface area (Å²) >= 11 is 5.98. The van der Waals surface area contributed by atoms with Crippen LogP contribution in [0.25, 0.3) is 0 Å². The van der Waals surface area contributed by atoms with E-state index in [1.165, 1.54) is 12.8 Å². The van der Waals surface area contributed by atoms with Crippen LogP contribution in [0.2, 0.25) is 5.15 Å². The fourth-order valence-electron chi connectivity index (χ4n) is 1.95. The number of rotatable bonds is 5. The van der Waals surface area contributed by atoms with Crippen molar-refractivity contribution in [1.29, 1.82) is 0 Å². The third kappa shape index (κ3) is 3.45. The summed E-state index contributed by atoms with van der Waals surface area (Å²) in [5.74, 6) is 0.778. The summed E-state index contributed by atoms with van der Waals surface area (Å²) in [6, 6.07) is 2.40. The van der Waals surface area contributed by atoms with Gasteiger partial charge in [-0.05, 0) is 37.4 Å². The van der Waals surface area contributed by atoms with Crippen molar-refractivity contribution < 1.29 is 4.74 Å². The van der Waals surface area contributed by atoms with Gasteiger partial charge in [-0.25, -0.2) is 4.98 Å². The lowest BCUT2D eigenvalue weighted by molar-refractivity contribution is 0.276. The third-order valence-electron chi connectivity index (χ3n) is 2.86. The Kier molecular flexibility index (Phi) is 4.40. The van der Waals surface area contributed by atoms with Gasteiger partial charge in [0, 0.05) is 6.04 Å². The molecular weight excluding hydrogens is 236 g/mol. The van der Waals surface area contributed by atoms with Crippen molar-refractivity contribution in [3.05, 3.63) is 35.6 Å². The first-order valence-electron chi connectivity index (χ1n) is 5.91. The summed E-state index contributed by atoms with van der Waals surface area (Å²) in [5.41, 5.74) is 0.957. The molecule has 1 saturated heterocycles. The molecule has 1 unspecified atom stereocenters. The normalized spacial score (nSPS) is 19.2. The monoisotopic (exact) mass is 252 g/mol. The second kappa shape index (κ2) is 6.03. The van der Waals surface area contributed by atoms with Crippen LogP contribution >= 0.6 is 11.6 Å². The molecule has 92 valence electrons. The van der Waals surface area contributed by atoms with E-state index in [4.69, 9.17) is 16.3 Å². The summed E-state index contributed by atoms with van der Waals surface area (Å²) < 4.78 is 5.71. The number of hydrogen-bond donors (Lipinski definition) is 1. The van der Waals surface area contributed by atoms with Gasteiger partial charge in [-0.1, -0.05) is 17.7 Å². The molecule has 4 heteroatoms. The van der Waals surface area contributed by atoms with E-state index in [0.29, 0.717) is 24.2 Å². The lowest BCUT2D eigenvalue weighted by Gasteiger charge is -2.12. The van der Waals surface area contributed by atoms with Crippen LogP contribution in [-0.2, 0) is 6.42 Å². The first-order valence-corrected chi connectivity index (χ1v) is 6.29. The Labute approximate surface area is 107 Å². The van der Waals surface area contributed by atoms with Crippen LogP contribution in [-0.4, -0.2) is 24.2 Å². The lowest BCUT2D eigenvalue weighted by Crippen LogP contribution is -2.28. The molecule has 0 aliphatic carbocycles. The Morgan fingerprint density at radius 2 is 2.53 bits per heavy atom. The largest absolute Gasteiger partial charge is 0.490 e. The van der Waals surface area contributed by atoms with E-state index in [1.54, 1.807) is 6.20 Å². The molecule has 0 amide bonds. The highest BCUT2D eigenvalue weighted by atomic mass is 35.5. The van der Waals surface area contributed by atoms with E-state index in [-0.39, 0.29) is 0 Å². The van der Waals surface area contributed by atoms with Crippen LogP contribution in [0.3, 0.4) is 0 Å². The highest BCUT2D eigenvalue weighted by Gasteiger charge is 2.14. The molecule has 1 N–H and O–H groups in total. The number of nitrogens with one attached hydrogen (secondary N) is 1. The zero-order chi connectivity index (χ0) is 12.1. The summed E-state index contributed by atoms with van der Waals surface area (Å²) in [7, 11) is 0. The Balaban J connectivity index is 1.95. The Morgan fingerprint density at radius 1 is 1.65 bits per heavy atom. The first kappa shape index (κ1) is 12.4. The van der Waals surface area contributed by atoms with Crippen molar-refractivity contribution >= 4 is 11.6 Å². The van der Waals surface area contributed by atoms with Crippen LogP contribution in [0.15, 0.2) is 24.9 Å². The second-order valence-corrected chi connectivity index (χ2v) is 4.58. The number of allylic oxidation sites excluding steroid dienone is 1. The molecular formula is C13H17ClN2O. The van der Waals surface area contributed by atoms with Gasteiger partial charge in [0.05, 0.1) is 6.20 Å². The highest BCUT2D eigenvalue weighted by molar-refractivity contribution is 6.30. The van der Waals surface area contributed by atoms with Crippen LogP contribution in [0.5, 0.6) is 5.75 Å². The molecule has 1 atom stereocenters. The minimum atomic E-state index is 0.466. The Hall–Kier alpha value is -1.06. The van der Waals surface area contributed by atoms with Gasteiger partial charge in [0.1, 0.15) is 17.5 Å². The molecule has 0 spiro atoms. The van der Waals surface area contributed by atoms with Crippen LogP contribution in [0, 0.1) is 0 Å². The van der Waals surface area contributed by atoms with Crippen LogP contribution < -0.4 is 10.1 Å². The van der Waals surface area contributed by atoms with Gasteiger partial charge >= 0.3 is 0 Å². The Bertz CT molecular complexity index is 389. The second-order valence-electron chi connectivity index (χ2n) is 4.22. The summed E-state index contributed by atoms with van der Waals surface area (Å²) in [4.78, 5) is 4.12. The number of hydrogen-bond acceptors (Lipinski definition) is 3. The maximum absolute atomic E-state index is 5.98. The molecule has 2 rings (SSSR count). The molecule has 1 aliphatic heterocycles. The van der Waals surface area contributed by atoms with Crippen LogP contribution in [0.1, 0.15) is 18.4 Å². The highest BCUT2D eigenvalue weighted by Crippen LogP contribution is 2.20. The number of aromatic nitrogens is 1. The topological polar surface area (TPSA) is 34.1 Å². The predicted molar refractivity (Wildman–Crippen MR) is 69.7 cm³/mol. The van der Waals surface area contributed by atoms with E-state index >= 15 is 0 Å². The predicted octanol–water partition coefficient (Wildman–Crippen LogP) is 2.59. The van der Waals surface area contributed by atoms with Gasteiger partial charge in [0.15, 0.2) is 0 Å². The molecule has 0 bridgehead atoms. The summed E-state index contributed by atoms with van der Waals surface area (Å²) in [5, 5.41) is 3.91. The van der Waals surface area contributed by atoms with Gasteiger partial charge < -0.3 is 10.1 Å². The molecule has 1 aromatic rings. The zero-order valence-electron chi connectivity index (χ0n) is 9.79. The smallest absolute Gasteiger partial charge is 0.138 e. The van der Waals surface area contributed by atoms with E-state index in [1.807, 2.05) is 12.1 Å². The fourth-order valence-corrected chi connectivity index (χ4v) is 2.13. The molecule has 3 nitrogen and oxygen atoms in total. The molecule has 1 aliphatic rings. The van der Waals surface area contributed by atoms with Crippen LogP contribution in [0.4, 0.5) is 0 Å². The number of ether oxygens (including phenoxy) is 1. The average Bonchev–Trinajstić information content (AvgIpc) is 2.83. The van der Waals surface area contributed by atoms with E-state index in [9.17, 15) is 0 Å². The lowest BCUT2D eigenvalue weighted by atomic mass is 10.2. The van der Waals surface area contributed by atoms with E-state index in [2.05, 4.69) is 16.9 Å². The van der Waals surface area contributed by atoms with E-state index < -0.39 is 0 Å². The molecule has 1 aromatic heterocycles. The van der Waals surface area contributed by atoms with Crippen molar-refractivity contribution in [2.75, 3.05) is 13.2 Å². The third-order valence-corrected chi connectivity index (χ3v) is 3.20. The standard InChI is InChI=1S/C13H17ClN2O/c1-2-4-10-7-12(8-16-13(10)14)17-9-11-5-3-6-15-11/h2,7-8,11,15H,1,3-6,9H2. The van der Waals surface area contributed by atoms with Gasteiger partial charge in [-0.15, -0.1) is 6.58 Å². The van der Waals surface area contributed by atoms with Crippen molar-refractivity contribution in [2.45, 2.75) is 25.3 Å². The van der Waals surface area contributed by atoms with Crippen molar-refractivity contribution in [3.63, 3.8) is 0 Å². The molecule has 0 saturated carbocycles. The molecule has 0 aromatic carbocycles. The SMILES string of the molecule is C=CCc1cc(OCC2CCCN2)cnc1Cl. The average molecular weight is 253 g/mol. The summed E-state index contributed by atoms with van der Waals surface area (Å²) in [6.45, 7) is 5.48. The van der Waals surface area contributed by atoms with Crippen molar-refractivity contribution in [1.82, 2.24) is 10.3 Å². The van der Waals surface area contributed by atoms with E-state index in [0.717, 1.165) is 17.9 Å². The molecule has 0 radical (unpaired) electrons. The molecule has 1 fully saturated rings. The number of nitrogens with zero attached hydrogens (tertiary/aromatic N) is 1. The van der Waals surface area contributed by atoms with Gasteiger partial charge in [-0.3, -0.25) is 0 Å². The molecule has 17 heavy (non-hydrogen) atoms. The minimum Gasteiger partial charge on any atom is -0.490 e. The minimum absolute atomic E-state index is 0.466. The van der Waals surface area contributed by atoms with Crippen molar-refractivity contribution in [3.8, 4) is 5.75 Å². The quantitative estimate of drug-likeness (QED) is 0.646. The molecule has 2 heterocycles.